The molecule has 0 aliphatic rings. The molecule has 6 nitrogen and oxygen atoms in total. The zero-order valence-corrected chi connectivity index (χ0v) is 15.6. The van der Waals surface area contributed by atoms with Crippen LogP contribution < -0.4 is 20.3 Å². The Morgan fingerprint density at radius 2 is 1.77 bits per heavy atom. The van der Waals surface area contributed by atoms with Crippen LogP contribution >= 0.6 is 11.6 Å². The first-order valence-corrected chi connectivity index (χ1v) is 8.44. The maximum absolute atomic E-state index is 12.1. The minimum Gasteiger partial charge on any atom is -0.484 e. The van der Waals surface area contributed by atoms with Gasteiger partial charge in [0, 0.05) is 5.02 Å². The quantitative estimate of drug-likeness (QED) is 0.760. The number of hydrazine groups is 1. The second kappa shape index (κ2) is 9.10. The number of rotatable bonds is 6. The number of aryl methyl sites for hydroxylation is 1. The van der Waals surface area contributed by atoms with E-state index in [0.29, 0.717) is 16.5 Å². The number of ether oxygens (including phenoxy) is 2. The lowest BCUT2D eigenvalue weighted by atomic mass is 10.1. The number of hydrogen-bond donors (Lipinski definition) is 2. The predicted molar refractivity (Wildman–Crippen MR) is 99.2 cm³/mol. The van der Waals surface area contributed by atoms with Gasteiger partial charge in [0.25, 0.3) is 11.8 Å². The van der Waals surface area contributed by atoms with Crippen LogP contribution in [0.3, 0.4) is 0 Å². The molecular weight excluding hydrogens is 356 g/mol. The zero-order valence-electron chi connectivity index (χ0n) is 14.8. The predicted octanol–water partition coefficient (Wildman–Crippen LogP) is 2.95. The molecule has 0 radical (unpaired) electrons. The molecule has 0 aliphatic carbocycles. The highest BCUT2D eigenvalue weighted by Crippen LogP contribution is 2.21. The van der Waals surface area contributed by atoms with Crippen LogP contribution in [0.4, 0.5) is 0 Å². The van der Waals surface area contributed by atoms with Gasteiger partial charge >= 0.3 is 0 Å². The summed E-state index contributed by atoms with van der Waals surface area (Å²) in [5.41, 5.74) is 6.64. The fourth-order valence-electron chi connectivity index (χ4n) is 2.04. The highest BCUT2D eigenvalue weighted by molar-refractivity contribution is 6.30. The number of carbonyl (C=O) groups is 2. The molecule has 2 aromatic carbocycles. The highest BCUT2D eigenvalue weighted by atomic mass is 35.5. The van der Waals surface area contributed by atoms with Crippen molar-refractivity contribution >= 4 is 23.4 Å². The largest absolute Gasteiger partial charge is 0.484 e. The molecule has 1 atom stereocenters. The first kappa shape index (κ1) is 19.6. The molecule has 0 saturated heterocycles. The monoisotopic (exact) mass is 376 g/mol. The summed E-state index contributed by atoms with van der Waals surface area (Å²) in [5.74, 6) is 0.172. The van der Waals surface area contributed by atoms with E-state index < -0.39 is 17.9 Å². The van der Waals surface area contributed by atoms with Gasteiger partial charge < -0.3 is 9.47 Å². The van der Waals surface area contributed by atoms with E-state index in [0.717, 1.165) is 11.1 Å². The van der Waals surface area contributed by atoms with Crippen LogP contribution in [0.25, 0.3) is 0 Å². The third-order valence-electron chi connectivity index (χ3n) is 3.74. The summed E-state index contributed by atoms with van der Waals surface area (Å²) in [6.07, 6.45) is -0.770. The third-order valence-corrected chi connectivity index (χ3v) is 3.99. The van der Waals surface area contributed by atoms with Crippen molar-refractivity contribution in [3.8, 4) is 11.5 Å². The molecule has 0 unspecified atom stereocenters. The van der Waals surface area contributed by atoms with Crippen molar-refractivity contribution < 1.29 is 19.1 Å². The summed E-state index contributed by atoms with van der Waals surface area (Å²) in [6, 6.07) is 12.2. The fourth-order valence-corrected chi connectivity index (χ4v) is 2.17. The van der Waals surface area contributed by atoms with Gasteiger partial charge in [0.05, 0.1) is 0 Å². The molecule has 2 amide bonds. The molecule has 0 aliphatic heterocycles. The minimum atomic E-state index is -0.770. The molecule has 0 heterocycles. The number of halogens is 1. The molecule has 138 valence electrons. The highest BCUT2D eigenvalue weighted by Gasteiger charge is 2.16. The van der Waals surface area contributed by atoms with E-state index in [-0.39, 0.29) is 6.61 Å². The Morgan fingerprint density at radius 3 is 2.46 bits per heavy atom. The van der Waals surface area contributed by atoms with Crippen LogP contribution in [0.5, 0.6) is 11.5 Å². The standard InChI is InChI=1S/C19H21ClN2O4/c1-12-5-4-6-17(13(12)2)26-14(3)19(24)22-21-18(23)11-25-16-9-7-15(20)8-10-16/h4-10,14H,11H2,1-3H3,(H,21,23)(H,22,24)/t14-/m1/s1. The molecular formula is C19H21ClN2O4. The molecule has 2 rings (SSSR count). The van der Waals surface area contributed by atoms with Gasteiger partial charge in [-0.15, -0.1) is 0 Å². The number of carbonyl (C=O) groups excluding carboxylic acids is 2. The lowest BCUT2D eigenvalue weighted by Crippen LogP contribution is -2.48. The lowest BCUT2D eigenvalue weighted by molar-refractivity contribution is -0.133. The Kier molecular flexibility index (Phi) is 6.86. The van der Waals surface area contributed by atoms with Gasteiger partial charge in [-0.3, -0.25) is 20.4 Å². The van der Waals surface area contributed by atoms with Crippen molar-refractivity contribution in [2.75, 3.05) is 6.61 Å². The normalized spacial score (nSPS) is 11.4. The molecule has 0 spiro atoms. The maximum atomic E-state index is 12.1. The Balaban J connectivity index is 1.77. The van der Waals surface area contributed by atoms with Gasteiger partial charge in [0.1, 0.15) is 11.5 Å². The van der Waals surface area contributed by atoms with Gasteiger partial charge in [0.15, 0.2) is 12.7 Å². The van der Waals surface area contributed by atoms with Crippen molar-refractivity contribution in [1.29, 1.82) is 0 Å². The Morgan fingerprint density at radius 1 is 1.08 bits per heavy atom. The summed E-state index contributed by atoms with van der Waals surface area (Å²) in [7, 11) is 0. The van der Waals surface area contributed by atoms with Crippen LogP contribution in [0, 0.1) is 13.8 Å². The van der Waals surface area contributed by atoms with Gasteiger partial charge in [-0.25, -0.2) is 0 Å². The van der Waals surface area contributed by atoms with Gasteiger partial charge in [-0.2, -0.15) is 0 Å². The summed E-state index contributed by atoms with van der Waals surface area (Å²) < 4.78 is 10.9. The van der Waals surface area contributed by atoms with Crippen LogP contribution in [0.1, 0.15) is 18.1 Å². The van der Waals surface area contributed by atoms with Crippen molar-refractivity contribution in [3.63, 3.8) is 0 Å². The van der Waals surface area contributed by atoms with Crippen LogP contribution in [-0.2, 0) is 9.59 Å². The van der Waals surface area contributed by atoms with E-state index in [9.17, 15) is 9.59 Å². The number of benzene rings is 2. The minimum absolute atomic E-state index is 0.242. The van der Waals surface area contributed by atoms with E-state index >= 15 is 0 Å². The summed E-state index contributed by atoms with van der Waals surface area (Å²) in [6.45, 7) is 5.25. The molecule has 0 bridgehead atoms. The second-order valence-electron chi connectivity index (χ2n) is 5.74. The number of amides is 2. The van der Waals surface area contributed by atoms with E-state index in [4.69, 9.17) is 21.1 Å². The molecule has 7 heteroatoms. The maximum Gasteiger partial charge on any atom is 0.279 e. The average molecular weight is 377 g/mol. The van der Waals surface area contributed by atoms with Gasteiger partial charge in [-0.05, 0) is 62.2 Å². The Bertz CT molecular complexity index is 778. The van der Waals surface area contributed by atoms with Gasteiger partial charge in [-0.1, -0.05) is 23.7 Å². The third kappa shape index (κ3) is 5.67. The summed E-state index contributed by atoms with van der Waals surface area (Å²) in [5, 5.41) is 0.576. The number of nitrogens with one attached hydrogen (secondary N) is 2. The smallest absolute Gasteiger partial charge is 0.279 e. The van der Waals surface area contributed by atoms with Crippen molar-refractivity contribution in [3.05, 3.63) is 58.6 Å². The number of hydrogen-bond acceptors (Lipinski definition) is 4. The lowest BCUT2D eigenvalue weighted by Gasteiger charge is -2.17. The fraction of sp³-hybridized carbons (Fsp3) is 0.263. The first-order valence-electron chi connectivity index (χ1n) is 8.06. The van der Waals surface area contributed by atoms with Crippen LogP contribution in [0.15, 0.2) is 42.5 Å². The van der Waals surface area contributed by atoms with Crippen molar-refractivity contribution in [1.82, 2.24) is 10.9 Å². The molecule has 2 N–H and O–H groups in total. The molecule has 0 aromatic heterocycles. The van der Waals surface area contributed by atoms with Gasteiger partial charge in [0.2, 0.25) is 0 Å². The molecule has 0 saturated carbocycles. The molecule has 26 heavy (non-hydrogen) atoms. The first-order chi connectivity index (χ1) is 12.4. The summed E-state index contributed by atoms with van der Waals surface area (Å²) >= 11 is 5.77. The molecule has 0 fully saturated rings. The summed E-state index contributed by atoms with van der Waals surface area (Å²) in [4.78, 5) is 23.8. The van der Waals surface area contributed by atoms with Crippen molar-refractivity contribution in [2.24, 2.45) is 0 Å². The van der Waals surface area contributed by atoms with Crippen molar-refractivity contribution in [2.45, 2.75) is 26.9 Å². The topological polar surface area (TPSA) is 76.7 Å². The van der Waals surface area contributed by atoms with E-state index in [1.807, 2.05) is 26.0 Å². The van der Waals surface area contributed by atoms with E-state index in [1.165, 1.54) is 0 Å². The SMILES string of the molecule is Cc1cccc(O[C@H](C)C(=O)NNC(=O)COc2ccc(Cl)cc2)c1C. The van der Waals surface area contributed by atoms with E-state index in [2.05, 4.69) is 10.9 Å². The Labute approximate surface area is 157 Å². The molecule has 2 aromatic rings. The average Bonchev–Trinajstić information content (AvgIpc) is 2.63. The Hall–Kier alpha value is -2.73. The second-order valence-corrected chi connectivity index (χ2v) is 6.17. The van der Waals surface area contributed by atoms with E-state index in [1.54, 1.807) is 37.3 Å². The van der Waals surface area contributed by atoms with Crippen LogP contribution in [0.2, 0.25) is 5.02 Å². The zero-order chi connectivity index (χ0) is 19.1. The van der Waals surface area contributed by atoms with Crippen LogP contribution in [-0.4, -0.2) is 24.5 Å².